The summed E-state index contributed by atoms with van der Waals surface area (Å²) in [6, 6.07) is 0. The van der Waals surface area contributed by atoms with E-state index in [4.69, 9.17) is 13.9 Å². The standard InChI is InChI=1S/C21H32O7Si/c1-13(22)27-12-21-10-8-14(23)16(19(25)26-5)17(21)18(24)15(9-11-21)28-29(6,7)20(2,3)4/h9,11,15-17H,8,10,12H2,1-7H3/t15-,16?,17-,21-/m1/s1. The van der Waals surface area contributed by atoms with E-state index in [1.165, 1.54) is 14.0 Å². The number of carbonyl (C=O) groups is 4. The van der Waals surface area contributed by atoms with E-state index in [1.54, 1.807) is 6.08 Å². The van der Waals surface area contributed by atoms with Gasteiger partial charge in [-0.2, -0.15) is 0 Å². The molecule has 0 heterocycles. The molecular formula is C21H32O7Si. The first-order valence-electron chi connectivity index (χ1n) is 9.90. The van der Waals surface area contributed by atoms with Gasteiger partial charge in [0.2, 0.25) is 0 Å². The molecule has 1 unspecified atom stereocenters. The van der Waals surface area contributed by atoms with Gasteiger partial charge in [-0.25, -0.2) is 0 Å². The maximum atomic E-state index is 13.5. The summed E-state index contributed by atoms with van der Waals surface area (Å²) < 4.78 is 16.4. The molecule has 0 saturated heterocycles. The summed E-state index contributed by atoms with van der Waals surface area (Å²) in [5, 5.41) is -0.114. The Bertz CT molecular complexity index is 726. The minimum atomic E-state index is -2.28. The predicted molar refractivity (Wildman–Crippen MR) is 109 cm³/mol. The second-order valence-electron chi connectivity index (χ2n) is 9.52. The minimum Gasteiger partial charge on any atom is -0.468 e. The first-order valence-corrected chi connectivity index (χ1v) is 12.8. The topological polar surface area (TPSA) is 96.0 Å². The van der Waals surface area contributed by atoms with Gasteiger partial charge in [-0.15, -0.1) is 0 Å². The van der Waals surface area contributed by atoms with Gasteiger partial charge >= 0.3 is 11.9 Å². The highest BCUT2D eigenvalue weighted by Crippen LogP contribution is 2.49. The predicted octanol–water partition coefficient (Wildman–Crippen LogP) is 2.83. The summed E-state index contributed by atoms with van der Waals surface area (Å²) in [6.45, 7) is 11.5. The number of methoxy groups -OCH3 is 1. The van der Waals surface area contributed by atoms with Crippen LogP contribution in [0.4, 0.5) is 0 Å². The van der Waals surface area contributed by atoms with Crippen LogP contribution in [0.25, 0.3) is 0 Å². The Balaban J connectivity index is 2.49. The van der Waals surface area contributed by atoms with E-state index in [9.17, 15) is 19.2 Å². The molecule has 162 valence electrons. The minimum absolute atomic E-state index is 0.0666. The largest absolute Gasteiger partial charge is 0.468 e. The van der Waals surface area contributed by atoms with E-state index in [-0.39, 0.29) is 29.6 Å². The fraction of sp³-hybridized carbons (Fsp3) is 0.714. The van der Waals surface area contributed by atoms with Crippen molar-refractivity contribution in [2.45, 2.75) is 64.8 Å². The van der Waals surface area contributed by atoms with Crippen molar-refractivity contribution in [3.63, 3.8) is 0 Å². The zero-order valence-electron chi connectivity index (χ0n) is 18.4. The number of hydrogen-bond donors (Lipinski definition) is 0. The molecule has 4 atom stereocenters. The lowest BCUT2D eigenvalue weighted by atomic mass is 9.57. The third-order valence-electron chi connectivity index (χ3n) is 6.55. The van der Waals surface area contributed by atoms with Crippen molar-refractivity contribution in [3.05, 3.63) is 12.2 Å². The normalized spacial score (nSPS) is 30.0. The summed E-state index contributed by atoms with van der Waals surface area (Å²) in [6.07, 6.45) is 3.11. The fourth-order valence-corrected chi connectivity index (χ4v) is 4.99. The van der Waals surface area contributed by atoms with Crippen LogP contribution in [0.1, 0.15) is 40.5 Å². The third-order valence-corrected chi connectivity index (χ3v) is 11.0. The molecule has 7 nitrogen and oxygen atoms in total. The summed E-state index contributed by atoms with van der Waals surface area (Å²) in [5.74, 6) is -4.06. The van der Waals surface area contributed by atoms with E-state index < -0.39 is 43.6 Å². The Morgan fingerprint density at radius 1 is 1.24 bits per heavy atom. The van der Waals surface area contributed by atoms with Gasteiger partial charge in [-0.1, -0.05) is 32.9 Å². The quantitative estimate of drug-likeness (QED) is 0.290. The average Bonchev–Trinajstić information content (AvgIpc) is 2.61. The second-order valence-corrected chi connectivity index (χ2v) is 14.3. The zero-order chi connectivity index (χ0) is 22.2. The van der Waals surface area contributed by atoms with Gasteiger partial charge in [0.05, 0.1) is 13.0 Å². The van der Waals surface area contributed by atoms with Crippen molar-refractivity contribution in [1.82, 2.24) is 0 Å². The smallest absolute Gasteiger partial charge is 0.316 e. The molecule has 2 aliphatic rings. The molecule has 1 saturated carbocycles. The molecule has 0 aromatic rings. The van der Waals surface area contributed by atoms with Crippen LogP contribution in [0.15, 0.2) is 12.2 Å². The molecule has 8 heteroatoms. The molecule has 29 heavy (non-hydrogen) atoms. The van der Waals surface area contributed by atoms with Crippen LogP contribution >= 0.6 is 0 Å². The Morgan fingerprint density at radius 2 is 1.86 bits per heavy atom. The van der Waals surface area contributed by atoms with Crippen LogP contribution in [-0.4, -0.2) is 51.6 Å². The number of rotatable bonds is 5. The summed E-state index contributed by atoms with van der Waals surface area (Å²) in [4.78, 5) is 50.0. The van der Waals surface area contributed by atoms with Crippen LogP contribution in [0.5, 0.6) is 0 Å². The van der Waals surface area contributed by atoms with Crippen LogP contribution in [0, 0.1) is 17.3 Å². The van der Waals surface area contributed by atoms with Crippen LogP contribution in [-0.2, 0) is 33.1 Å². The fourth-order valence-electron chi connectivity index (χ4n) is 3.80. The highest BCUT2D eigenvalue weighted by atomic mass is 28.4. The molecule has 0 radical (unpaired) electrons. The van der Waals surface area contributed by atoms with E-state index in [1.807, 2.05) is 19.2 Å². The van der Waals surface area contributed by atoms with Gasteiger partial charge in [0, 0.05) is 18.8 Å². The Morgan fingerprint density at radius 3 is 2.38 bits per heavy atom. The number of hydrogen-bond acceptors (Lipinski definition) is 7. The zero-order valence-corrected chi connectivity index (χ0v) is 19.4. The van der Waals surface area contributed by atoms with Gasteiger partial charge in [0.25, 0.3) is 0 Å². The molecule has 0 amide bonds. The maximum absolute atomic E-state index is 13.5. The lowest BCUT2D eigenvalue weighted by Crippen LogP contribution is -2.58. The Labute approximate surface area is 173 Å². The van der Waals surface area contributed by atoms with Gasteiger partial charge in [0.15, 0.2) is 14.1 Å². The summed E-state index contributed by atoms with van der Waals surface area (Å²) >= 11 is 0. The number of ether oxygens (including phenoxy) is 2. The average molecular weight is 425 g/mol. The van der Waals surface area contributed by atoms with Crippen molar-refractivity contribution in [2.75, 3.05) is 13.7 Å². The number of ketones is 2. The van der Waals surface area contributed by atoms with Gasteiger partial charge in [-0.05, 0) is 24.6 Å². The Kier molecular flexibility index (Phi) is 6.59. The number of esters is 2. The van der Waals surface area contributed by atoms with E-state index in [0.717, 1.165) is 0 Å². The lowest BCUT2D eigenvalue weighted by Gasteiger charge is -2.48. The Hall–Kier alpha value is -1.80. The molecule has 0 N–H and O–H groups in total. The molecule has 0 bridgehead atoms. The van der Waals surface area contributed by atoms with E-state index in [2.05, 4.69) is 20.8 Å². The molecule has 0 aromatic heterocycles. The molecule has 2 aliphatic carbocycles. The summed E-state index contributed by atoms with van der Waals surface area (Å²) in [5.41, 5.74) is -0.914. The molecule has 0 aliphatic heterocycles. The number of fused-ring (bicyclic) bond motifs is 1. The highest BCUT2D eigenvalue weighted by Gasteiger charge is 2.58. The highest BCUT2D eigenvalue weighted by molar-refractivity contribution is 6.74. The molecule has 0 spiro atoms. The number of Topliss-reactive ketones (excluding diaryl/α,β-unsaturated/α-hetero) is 2. The SMILES string of the molecule is COC(=O)C1C(=O)CC[C@]2(COC(C)=O)C=C[C@@H](O[Si](C)(C)C(C)(C)C)C(=O)[C@@H]12. The molecular weight excluding hydrogens is 392 g/mol. The van der Waals surface area contributed by atoms with E-state index >= 15 is 0 Å². The first-order chi connectivity index (χ1) is 13.3. The van der Waals surface area contributed by atoms with Crippen molar-refractivity contribution in [2.24, 2.45) is 17.3 Å². The first kappa shape index (κ1) is 23.5. The van der Waals surface area contributed by atoms with Crippen molar-refractivity contribution < 1.29 is 33.1 Å². The second kappa shape index (κ2) is 8.14. The third kappa shape index (κ3) is 4.53. The van der Waals surface area contributed by atoms with Crippen molar-refractivity contribution in [1.29, 1.82) is 0 Å². The monoisotopic (exact) mass is 424 g/mol. The molecule has 1 fully saturated rings. The van der Waals surface area contributed by atoms with Crippen LogP contribution < -0.4 is 0 Å². The van der Waals surface area contributed by atoms with Gasteiger partial charge < -0.3 is 13.9 Å². The molecule has 2 rings (SSSR count). The van der Waals surface area contributed by atoms with Crippen LogP contribution in [0.3, 0.4) is 0 Å². The molecule has 0 aromatic carbocycles. The number of carbonyl (C=O) groups excluding carboxylic acids is 4. The van der Waals surface area contributed by atoms with Crippen LogP contribution in [0.2, 0.25) is 18.1 Å². The van der Waals surface area contributed by atoms with Gasteiger partial charge in [0.1, 0.15) is 24.4 Å². The van der Waals surface area contributed by atoms with E-state index in [0.29, 0.717) is 6.42 Å². The maximum Gasteiger partial charge on any atom is 0.316 e. The lowest BCUT2D eigenvalue weighted by molar-refractivity contribution is -0.166. The van der Waals surface area contributed by atoms with Crippen molar-refractivity contribution in [3.8, 4) is 0 Å². The summed E-state index contributed by atoms with van der Waals surface area (Å²) in [7, 11) is -1.09. The van der Waals surface area contributed by atoms with Gasteiger partial charge in [-0.3, -0.25) is 19.2 Å². The van der Waals surface area contributed by atoms with Crippen molar-refractivity contribution >= 4 is 31.8 Å².